The van der Waals surface area contributed by atoms with E-state index in [0.29, 0.717) is 11.1 Å². The lowest BCUT2D eigenvalue weighted by atomic mass is 10.0. The van der Waals surface area contributed by atoms with E-state index < -0.39 is 48.3 Å². The average molecular weight is 520 g/mol. The Morgan fingerprint density at radius 3 is 2.32 bits per heavy atom. The molecule has 38 heavy (non-hydrogen) atoms. The SMILES string of the molecule is Cc1cccc(C(=O)N2CCN(C(=O)Oc3ccccc3)C2C(=O)NC(CC(=O)O)c2ccc(F)cc2)c1. The summed E-state index contributed by atoms with van der Waals surface area (Å²) >= 11 is 0. The van der Waals surface area contributed by atoms with E-state index in [9.17, 15) is 28.7 Å². The molecule has 196 valence electrons. The van der Waals surface area contributed by atoms with Crippen LogP contribution in [0.15, 0.2) is 78.9 Å². The number of amides is 3. The molecule has 1 saturated heterocycles. The molecule has 2 atom stereocenters. The van der Waals surface area contributed by atoms with Gasteiger partial charge in [-0.3, -0.25) is 19.3 Å². The second-order valence-electron chi connectivity index (χ2n) is 8.83. The Labute approximate surface area is 218 Å². The van der Waals surface area contributed by atoms with Gasteiger partial charge in [0.05, 0.1) is 12.5 Å². The first kappa shape index (κ1) is 26.3. The average Bonchev–Trinajstić information content (AvgIpc) is 3.34. The van der Waals surface area contributed by atoms with Crippen LogP contribution in [0.3, 0.4) is 0 Å². The maximum atomic E-state index is 13.6. The number of para-hydroxylation sites is 1. The summed E-state index contributed by atoms with van der Waals surface area (Å²) in [6.07, 6.45) is -2.74. The Morgan fingerprint density at radius 1 is 0.974 bits per heavy atom. The minimum absolute atomic E-state index is 0.0153. The summed E-state index contributed by atoms with van der Waals surface area (Å²) in [4.78, 5) is 54.1. The van der Waals surface area contributed by atoms with Gasteiger partial charge in [-0.25, -0.2) is 9.18 Å². The summed E-state index contributed by atoms with van der Waals surface area (Å²) in [5.74, 6) is -2.70. The van der Waals surface area contributed by atoms with Gasteiger partial charge >= 0.3 is 12.1 Å². The number of hydrogen-bond donors (Lipinski definition) is 2. The monoisotopic (exact) mass is 519 g/mol. The fourth-order valence-electron chi connectivity index (χ4n) is 4.28. The van der Waals surface area contributed by atoms with Crippen molar-refractivity contribution >= 4 is 23.9 Å². The molecule has 0 aliphatic carbocycles. The zero-order valence-corrected chi connectivity index (χ0v) is 20.5. The minimum atomic E-state index is -1.41. The molecule has 3 amide bonds. The molecule has 0 radical (unpaired) electrons. The predicted molar refractivity (Wildman–Crippen MR) is 135 cm³/mol. The van der Waals surface area contributed by atoms with Crippen molar-refractivity contribution in [2.45, 2.75) is 25.6 Å². The first-order valence-corrected chi connectivity index (χ1v) is 11.9. The number of aryl methyl sites for hydroxylation is 1. The van der Waals surface area contributed by atoms with Gasteiger partial charge in [0.1, 0.15) is 11.6 Å². The number of nitrogens with zero attached hydrogens (tertiary/aromatic N) is 2. The normalized spacial score (nSPS) is 15.6. The molecular formula is C28H26FN3O6. The fourth-order valence-corrected chi connectivity index (χ4v) is 4.28. The number of ether oxygens (including phenoxy) is 1. The summed E-state index contributed by atoms with van der Waals surface area (Å²) in [5, 5.41) is 12.1. The van der Waals surface area contributed by atoms with E-state index in [1.54, 1.807) is 48.5 Å². The third-order valence-electron chi connectivity index (χ3n) is 6.08. The van der Waals surface area contributed by atoms with E-state index >= 15 is 0 Å². The lowest BCUT2D eigenvalue weighted by molar-refractivity contribution is -0.138. The molecule has 10 heteroatoms. The summed E-state index contributed by atoms with van der Waals surface area (Å²) < 4.78 is 18.9. The Balaban J connectivity index is 1.64. The van der Waals surface area contributed by atoms with Crippen LogP contribution in [0.1, 0.15) is 33.9 Å². The van der Waals surface area contributed by atoms with Crippen molar-refractivity contribution in [3.63, 3.8) is 0 Å². The zero-order valence-electron chi connectivity index (χ0n) is 20.5. The number of benzene rings is 3. The highest BCUT2D eigenvalue weighted by atomic mass is 19.1. The number of carbonyl (C=O) groups excluding carboxylic acids is 3. The summed E-state index contributed by atoms with van der Waals surface area (Å²) in [5.41, 5.74) is 1.53. The number of carboxylic acids is 1. The maximum Gasteiger partial charge on any atom is 0.417 e. The van der Waals surface area contributed by atoms with Gasteiger partial charge in [0.25, 0.3) is 11.8 Å². The molecule has 9 nitrogen and oxygen atoms in total. The van der Waals surface area contributed by atoms with E-state index in [1.165, 1.54) is 17.0 Å². The van der Waals surface area contributed by atoms with Crippen molar-refractivity contribution in [3.8, 4) is 5.75 Å². The summed E-state index contributed by atoms with van der Waals surface area (Å²) in [6.45, 7) is 1.89. The Bertz CT molecular complexity index is 1330. The fraction of sp³-hybridized carbons (Fsp3) is 0.214. The maximum absolute atomic E-state index is 13.6. The van der Waals surface area contributed by atoms with E-state index in [4.69, 9.17) is 4.74 Å². The van der Waals surface area contributed by atoms with Crippen LogP contribution >= 0.6 is 0 Å². The van der Waals surface area contributed by atoms with Crippen molar-refractivity contribution in [2.75, 3.05) is 13.1 Å². The van der Waals surface area contributed by atoms with E-state index in [2.05, 4.69) is 5.32 Å². The molecule has 2 unspecified atom stereocenters. The van der Waals surface area contributed by atoms with Crippen molar-refractivity contribution in [1.29, 1.82) is 0 Å². The van der Waals surface area contributed by atoms with Gasteiger partial charge in [-0.2, -0.15) is 0 Å². The highest BCUT2D eigenvalue weighted by Gasteiger charge is 2.44. The standard InChI is InChI=1S/C28H26FN3O6/c1-18-6-5-7-20(16-18)27(36)31-14-15-32(28(37)38-22-8-3-2-4-9-22)26(31)25(35)30-23(17-24(33)34)19-10-12-21(29)13-11-19/h2-13,16,23,26H,14-15,17H2,1H3,(H,30,35)(H,33,34). The summed E-state index contributed by atoms with van der Waals surface area (Å²) in [7, 11) is 0. The third-order valence-corrected chi connectivity index (χ3v) is 6.08. The second-order valence-corrected chi connectivity index (χ2v) is 8.83. The number of halogens is 1. The molecule has 4 rings (SSSR count). The molecule has 0 saturated carbocycles. The van der Waals surface area contributed by atoms with Crippen LogP contribution < -0.4 is 10.1 Å². The third kappa shape index (κ3) is 6.15. The van der Waals surface area contributed by atoms with Gasteiger partial charge < -0.3 is 20.1 Å². The van der Waals surface area contributed by atoms with Gasteiger partial charge in [-0.15, -0.1) is 0 Å². The smallest absolute Gasteiger partial charge is 0.417 e. The first-order chi connectivity index (χ1) is 18.2. The van der Waals surface area contributed by atoms with Crippen LogP contribution in [0.4, 0.5) is 9.18 Å². The van der Waals surface area contributed by atoms with Crippen LogP contribution in [0.25, 0.3) is 0 Å². The highest BCUT2D eigenvalue weighted by molar-refractivity contribution is 5.99. The zero-order chi connectivity index (χ0) is 27.2. The topological polar surface area (TPSA) is 116 Å². The highest BCUT2D eigenvalue weighted by Crippen LogP contribution is 2.24. The predicted octanol–water partition coefficient (Wildman–Crippen LogP) is 3.75. The van der Waals surface area contributed by atoms with Crippen LogP contribution in [0.2, 0.25) is 0 Å². The quantitative estimate of drug-likeness (QED) is 0.491. The molecule has 0 spiro atoms. The van der Waals surface area contributed by atoms with E-state index in [0.717, 1.165) is 22.6 Å². The van der Waals surface area contributed by atoms with Crippen molar-refractivity contribution in [3.05, 3.63) is 101 Å². The molecule has 0 bridgehead atoms. The lowest BCUT2D eigenvalue weighted by Gasteiger charge is -2.30. The molecule has 1 aliphatic heterocycles. The Hall–Kier alpha value is -4.73. The molecular weight excluding hydrogens is 493 g/mol. The number of carboxylic acid groups (broad SMARTS) is 1. The molecule has 1 aliphatic rings. The largest absolute Gasteiger partial charge is 0.481 e. The lowest BCUT2D eigenvalue weighted by Crippen LogP contribution is -2.55. The number of aliphatic carboxylic acids is 1. The van der Waals surface area contributed by atoms with Crippen LogP contribution in [0, 0.1) is 12.7 Å². The van der Waals surface area contributed by atoms with Gasteiger partial charge in [0.15, 0.2) is 6.17 Å². The van der Waals surface area contributed by atoms with Gasteiger partial charge in [0.2, 0.25) is 0 Å². The molecule has 0 aromatic heterocycles. The first-order valence-electron chi connectivity index (χ1n) is 11.9. The molecule has 1 fully saturated rings. The van der Waals surface area contributed by atoms with Crippen molar-refractivity contribution in [1.82, 2.24) is 15.1 Å². The van der Waals surface area contributed by atoms with Crippen LogP contribution in [-0.2, 0) is 9.59 Å². The van der Waals surface area contributed by atoms with Gasteiger partial charge in [0, 0.05) is 18.7 Å². The number of hydrogen-bond acceptors (Lipinski definition) is 5. The van der Waals surface area contributed by atoms with E-state index in [-0.39, 0.29) is 18.8 Å². The summed E-state index contributed by atoms with van der Waals surface area (Å²) in [6, 6.07) is 19.1. The molecule has 3 aromatic carbocycles. The molecule has 3 aromatic rings. The van der Waals surface area contributed by atoms with Gasteiger partial charge in [-0.1, -0.05) is 48.0 Å². The van der Waals surface area contributed by atoms with Crippen molar-refractivity contribution < 1.29 is 33.4 Å². The second kappa shape index (κ2) is 11.5. The minimum Gasteiger partial charge on any atom is -0.481 e. The molecule has 1 heterocycles. The van der Waals surface area contributed by atoms with Crippen molar-refractivity contribution in [2.24, 2.45) is 0 Å². The van der Waals surface area contributed by atoms with E-state index in [1.807, 2.05) is 13.0 Å². The number of rotatable bonds is 7. The molecule has 2 N–H and O–H groups in total. The Morgan fingerprint density at radius 2 is 1.66 bits per heavy atom. The van der Waals surface area contributed by atoms with Crippen LogP contribution in [-0.4, -0.2) is 58.0 Å². The van der Waals surface area contributed by atoms with Crippen LogP contribution in [0.5, 0.6) is 5.75 Å². The number of carbonyl (C=O) groups is 4. The van der Waals surface area contributed by atoms with Gasteiger partial charge in [-0.05, 0) is 48.9 Å². The Kier molecular flexibility index (Phi) is 8.00. The number of nitrogens with one attached hydrogen (secondary N) is 1.